The molecule has 0 bridgehead atoms. The van der Waals surface area contributed by atoms with Crippen LogP contribution in [0.3, 0.4) is 0 Å². The van der Waals surface area contributed by atoms with Crippen molar-refractivity contribution in [3.8, 4) is 0 Å². The molecule has 0 aliphatic carbocycles. The van der Waals surface area contributed by atoms with Crippen LogP contribution in [0.25, 0.3) is 0 Å². The molecule has 2 aromatic rings. The number of alkyl halides is 1. The van der Waals surface area contributed by atoms with Gasteiger partial charge in [-0.1, -0.05) is 71.0 Å². The fraction of sp³-hybridized carbons (Fsp3) is 0.0769. The molecule has 0 unspecified atom stereocenters. The van der Waals surface area contributed by atoms with Gasteiger partial charge >= 0.3 is 0 Å². The fourth-order valence-corrected chi connectivity index (χ4v) is 2.91. The highest BCUT2D eigenvalue weighted by Crippen LogP contribution is 1.84. The predicted octanol–water partition coefficient (Wildman–Crippen LogP) is 1.66. The highest BCUT2D eigenvalue weighted by atomic mass is 35.5. The third kappa shape index (κ3) is 4.32. The molecule has 0 spiro atoms. The van der Waals surface area contributed by atoms with Gasteiger partial charge in [-0.25, -0.2) is 0 Å². The quantitative estimate of drug-likeness (QED) is 0.548. The molecule has 0 saturated heterocycles. The van der Waals surface area contributed by atoms with Gasteiger partial charge in [-0.15, -0.1) is 11.6 Å². The van der Waals surface area contributed by atoms with E-state index in [4.69, 9.17) is 0 Å². The summed E-state index contributed by atoms with van der Waals surface area (Å²) in [6, 6.07) is 21.5. The molecular formula is C13H15ClSi. The molecule has 0 aliphatic rings. The van der Waals surface area contributed by atoms with Crippen LogP contribution in [0.15, 0.2) is 60.7 Å². The number of benzene rings is 2. The van der Waals surface area contributed by atoms with Gasteiger partial charge in [0.15, 0.2) is 0 Å². The average Bonchev–Trinajstić information content (AvgIpc) is 2.34. The molecule has 2 aromatic carbocycles. The summed E-state index contributed by atoms with van der Waals surface area (Å²) in [6.45, 7) is 0. The Balaban J connectivity index is 0.000000531. The van der Waals surface area contributed by atoms with Crippen LogP contribution in [-0.4, -0.2) is 15.9 Å². The van der Waals surface area contributed by atoms with Crippen LogP contribution in [0.5, 0.6) is 0 Å². The Morgan fingerprint density at radius 2 is 1.00 bits per heavy atom. The third-order valence-corrected chi connectivity index (χ3v) is 3.85. The second kappa shape index (κ2) is 7.27. The lowest BCUT2D eigenvalue weighted by Crippen LogP contribution is -2.26. The Bertz CT molecular complexity index is 321. The van der Waals surface area contributed by atoms with Crippen molar-refractivity contribution >= 4 is 31.5 Å². The molecule has 2 rings (SSSR count). The number of halogens is 1. The molecule has 78 valence electrons. The lowest BCUT2D eigenvalue weighted by Gasteiger charge is -1.99. The summed E-state index contributed by atoms with van der Waals surface area (Å²) >= 11 is 4.64. The highest BCUT2D eigenvalue weighted by molar-refractivity contribution is 6.67. The minimum atomic E-state index is -0.234. The lowest BCUT2D eigenvalue weighted by atomic mass is 10.4. The van der Waals surface area contributed by atoms with Gasteiger partial charge in [-0.05, 0) is 0 Å². The summed E-state index contributed by atoms with van der Waals surface area (Å²) in [4.78, 5) is 0. The van der Waals surface area contributed by atoms with E-state index in [-0.39, 0.29) is 9.52 Å². The van der Waals surface area contributed by atoms with Crippen LogP contribution < -0.4 is 10.4 Å². The zero-order chi connectivity index (χ0) is 10.9. The molecule has 0 nitrogen and oxygen atoms in total. The van der Waals surface area contributed by atoms with Gasteiger partial charge < -0.3 is 0 Å². The van der Waals surface area contributed by atoms with Gasteiger partial charge in [0.2, 0.25) is 0 Å². The predicted molar refractivity (Wildman–Crippen MR) is 72.5 cm³/mol. The second-order valence-electron chi connectivity index (χ2n) is 3.15. The first-order valence-corrected chi connectivity index (χ1v) is 7.08. The Hall–Kier alpha value is -1.05. The molecule has 2 heteroatoms. The van der Waals surface area contributed by atoms with Crippen molar-refractivity contribution in [2.75, 3.05) is 6.38 Å². The minimum Gasteiger partial charge on any atom is -0.130 e. The van der Waals surface area contributed by atoms with Crippen molar-refractivity contribution in [2.24, 2.45) is 0 Å². The minimum absolute atomic E-state index is 0.234. The normalized spacial score (nSPS) is 8.93. The Morgan fingerprint density at radius 3 is 1.33 bits per heavy atom. The number of hydrogen-bond acceptors (Lipinski definition) is 0. The average molecular weight is 235 g/mol. The molecule has 0 fully saturated rings. The standard InChI is InChI=1S/C12H12Si.CH3Cl/c1-3-7-11(8-4-1)13-12-9-5-2-6-10-12;1-2/h1-10H,13H2;1H3. The number of hydrogen-bond donors (Lipinski definition) is 0. The molecule has 0 amide bonds. The van der Waals surface area contributed by atoms with Crippen molar-refractivity contribution in [1.29, 1.82) is 0 Å². The summed E-state index contributed by atoms with van der Waals surface area (Å²) in [7, 11) is -0.234. The van der Waals surface area contributed by atoms with E-state index in [1.165, 1.54) is 16.8 Å². The summed E-state index contributed by atoms with van der Waals surface area (Å²) in [5.41, 5.74) is 0. The van der Waals surface area contributed by atoms with Gasteiger partial charge in [-0.3, -0.25) is 0 Å². The SMILES string of the molecule is CCl.c1ccc([SiH2]c2ccccc2)cc1. The van der Waals surface area contributed by atoms with E-state index in [2.05, 4.69) is 72.3 Å². The topological polar surface area (TPSA) is 0 Å². The first-order valence-electron chi connectivity index (χ1n) is 4.91. The lowest BCUT2D eigenvalue weighted by molar-refractivity contribution is 1.75. The van der Waals surface area contributed by atoms with Crippen molar-refractivity contribution in [1.82, 2.24) is 0 Å². The molecule has 0 N–H and O–H groups in total. The zero-order valence-corrected chi connectivity index (χ0v) is 11.0. The summed E-state index contributed by atoms with van der Waals surface area (Å²) < 4.78 is 0. The van der Waals surface area contributed by atoms with Crippen LogP contribution >= 0.6 is 11.6 Å². The van der Waals surface area contributed by atoms with Gasteiger partial charge in [0.05, 0.1) is 9.52 Å². The van der Waals surface area contributed by atoms with Gasteiger partial charge in [-0.2, -0.15) is 0 Å². The van der Waals surface area contributed by atoms with E-state index in [9.17, 15) is 0 Å². The van der Waals surface area contributed by atoms with Gasteiger partial charge in [0.25, 0.3) is 0 Å². The first-order chi connectivity index (χ1) is 7.45. The molecule has 0 aliphatic heterocycles. The van der Waals surface area contributed by atoms with Crippen LogP contribution in [0.4, 0.5) is 0 Å². The molecule has 0 radical (unpaired) electrons. The van der Waals surface area contributed by atoms with E-state index in [0.717, 1.165) is 0 Å². The maximum absolute atomic E-state index is 4.64. The van der Waals surface area contributed by atoms with Crippen LogP contribution in [0.2, 0.25) is 0 Å². The first kappa shape index (κ1) is 12.0. The summed E-state index contributed by atoms with van der Waals surface area (Å²) in [5.74, 6) is 0. The van der Waals surface area contributed by atoms with E-state index < -0.39 is 0 Å². The Kier molecular flexibility index (Phi) is 5.82. The highest BCUT2D eigenvalue weighted by Gasteiger charge is 1.93. The van der Waals surface area contributed by atoms with E-state index in [1.807, 2.05) is 0 Å². The van der Waals surface area contributed by atoms with Crippen molar-refractivity contribution < 1.29 is 0 Å². The van der Waals surface area contributed by atoms with Gasteiger partial charge in [0, 0.05) is 6.38 Å². The van der Waals surface area contributed by atoms with Crippen molar-refractivity contribution in [3.63, 3.8) is 0 Å². The maximum atomic E-state index is 4.64. The van der Waals surface area contributed by atoms with E-state index >= 15 is 0 Å². The van der Waals surface area contributed by atoms with Crippen LogP contribution in [0, 0.1) is 0 Å². The largest absolute Gasteiger partial charge is 0.130 e. The monoisotopic (exact) mass is 234 g/mol. The van der Waals surface area contributed by atoms with Crippen molar-refractivity contribution in [3.05, 3.63) is 60.7 Å². The summed E-state index contributed by atoms with van der Waals surface area (Å²) in [5, 5.41) is 3.02. The fourth-order valence-electron chi connectivity index (χ4n) is 1.43. The molecule has 0 heterocycles. The molecule has 0 aromatic heterocycles. The molecule has 15 heavy (non-hydrogen) atoms. The zero-order valence-electron chi connectivity index (χ0n) is 8.86. The smallest absolute Gasteiger partial charge is 0.0875 e. The maximum Gasteiger partial charge on any atom is 0.0875 e. The molecule has 0 saturated carbocycles. The molecule has 0 atom stereocenters. The van der Waals surface area contributed by atoms with E-state index in [0.29, 0.717) is 0 Å². The third-order valence-electron chi connectivity index (χ3n) is 2.09. The Morgan fingerprint density at radius 1 is 0.667 bits per heavy atom. The van der Waals surface area contributed by atoms with Crippen LogP contribution in [-0.2, 0) is 0 Å². The summed E-state index contributed by atoms with van der Waals surface area (Å²) in [6.07, 6.45) is 1.47. The molecular weight excluding hydrogens is 220 g/mol. The van der Waals surface area contributed by atoms with Crippen molar-refractivity contribution in [2.45, 2.75) is 0 Å². The second-order valence-corrected chi connectivity index (χ2v) is 5.13. The van der Waals surface area contributed by atoms with Crippen LogP contribution in [0.1, 0.15) is 0 Å². The number of rotatable bonds is 2. The Labute approximate surface area is 98.7 Å². The van der Waals surface area contributed by atoms with Gasteiger partial charge in [0.1, 0.15) is 0 Å². The van der Waals surface area contributed by atoms with E-state index in [1.54, 1.807) is 0 Å².